The fourth-order valence-corrected chi connectivity index (χ4v) is 1.67. The molecule has 0 saturated carbocycles. The SMILES string of the molecule is CN=Nc1ccc(N(CCO)CCO)cc1C. The van der Waals surface area contributed by atoms with Crippen molar-refractivity contribution in [3.8, 4) is 0 Å². The Morgan fingerprint density at radius 2 is 1.82 bits per heavy atom. The summed E-state index contributed by atoms with van der Waals surface area (Å²) in [6, 6.07) is 5.79. The maximum atomic E-state index is 8.98. The van der Waals surface area contributed by atoms with E-state index in [9.17, 15) is 0 Å². The normalized spacial score (nSPS) is 11.1. The van der Waals surface area contributed by atoms with Gasteiger partial charge in [0.15, 0.2) is 0 Å². The number of hydrogen-bond acceptors (Lipinski definition) is 5. The van der Waals surface area contributed by atoms with E-state index in [1.54, 1.807) is 7.05 Å². The van der Waals surface area contributed by atoms with Crippen molar-refractivity contribution < 1.29 is 10.2 Å². The third-order valence-corrected chi connectivity index (χ3v) is 2.49. The van der Waals surface area contributed by atoms with Crippen molar-refractivity contribution in [3.63, 3.8) is 0 Å². The Labute approximate surface area is 101 Å². The summed E-state index contributed by atoms with van der Waals surface area (Å²) in [7, 11) is 1.64. The topological polar surface area (TPSA) is 68.4 Å². The highest BCUT2D eigenvalue weighted by Crippen LogP contribution is 2.24. The van der Waals surface area contributed by atoms with Crippen molar-refractivity contribution in [3.05, 3.63) is 23.8 Å². The molecule has 0 atom stereocenters. The molecule has 0 fully saturated rings. The van der Waals surface area contributed by atoms with Crippen LogP contribution in [0.5, 0.6) is 0 Å². The summed E-state index contributed by atoms with van der Waals surface area (Å²) in [5, 5.41) is 25.7. The summed E-state index contributed by atoms with van der Waals surface area (Å²) < 4.78 is 0. The molecule has 1 aromatic rings. The van der Waals surface area contributed by atoms with Gasteiger partial charge in [0.2, 0.25) is 0 Å². The molecule has 1 aromatic carbocycles. The van der Waals surface area contributed by atoms with Crippen molar-refractivity contribution in [2.75, 3.05) is 38.3 Å². The van der Waals surface area contributed by atoms with Crippen LogP contribution >= 0.6 is 0 Å². The predicted molar refractivity (Wildman–Crippen MR) is 68.0 cm³/mol. The van der Waals surface area contributed by atoms with Crippen LogP contribution < -0.4 is 4.90 Å². The third-order valence-electron chi connectivity index (χ3n) is 2.49. The molecule has 1 rings (SSSR count). The number of aryl methyl sites for hydroxylation is 1. The van der Waals surface area contributed by atoms with Gasteiger partial charge in [0.25, 0.3) is 0 Å². The molecule has 0 radical (unpaired) electrons. The first-order valence-corrected chi connectivity index (χ1v) is 5.60. The standard InChI is InChI=1S/C12H19N3O2/c1-10-9-11(3-4-12(10)14-13-2)15(5-7-16)6-8-17/h3-4,9,16-17H,5-8H2,1-2H3. The summed E-state index contributed by atoms with van der Waals surface area (Å²) in [6.45, 7) is 3.11. The Hall–Kier alpha value is -1.46. The van der Waals surface area contributed by atoms with E-state index in [0.717, 1.165) is 16.9 Å². The number of aliphatic hydroxyl groups excluding tert-OH is 2. The quantitative estimate of drug-likeness (QED) is 0.737. The number of nitrogens with zero attached hydrogens (tertiary/aromatic N) is 3. The molecule has 0 aliphatic rings. The summed E-state index contributed by atoms with van der Waals surface area (Å²) in [6.07, 6.45) is 0. The van der Waals surface area contributed by atoms with Gasteiger partial charge in [-0.05, 0) is 30.7 Å². The molecular formula is C12H19N3O2. The van der Waals surface area contributed by atoms with Crippen molar-refractivity contribution in [2.45, 2.75) is 6.92 Å². The molecule has 0 saturated heterocycles. The lowest BCUT2D eigenvalue weighted by Crippen LogP contribution is -2.29. The number of hydrogen-bond donors (Lipinski definition) is 2. The van der Waals surface area contributed by atoms with E-state index in [1.807, 2.05) is 30.0 Å². The van der Waals surface area contributed by atoms with Gasteiger partial charge in [-0.1, -0.05) is 0 Å². The van der Waals surface area contributed by atoms with Gasteiger partial charge in [-0.3, -0.25) is 0 Å². The molecule has 0 spiro atoms. The molecule has 0 aliphatic heterocycles. The minimum Gasteiger partial charge on any atom is -0.395 e. The molecule has 0 bridgehead atoms. The molecule has 2 N–H and O–H groups in total. The van der Waals surface area contributed by atoms with Gasteiger partial charge in [-0.15, -0.1) is 0 Å². The molecule has 5 nitrogen and oxygen atoms in total. The maximum absolute atomic E-state index is 8.98. The van der Waals surface area contributed by atoms with Gasteiger partial charge < -0.3 is 15.1 Å². The third kappa shape index (κ3) is 3.80. The van der Waals surface area contributed by atoms with E-state index in [4.69, 9.17) is 10.2 Å². The van der Waals surface area contributed by atoms with Crippen LogP contribution in [0.1, 0.15) is 5.56 Å². The van der Waals surface area contributed by atoms with Gasteiger partial charge in [0.05, 0.1) is 18.9 Å². The Kier molecular flexibility index (Phi) is 5.59. The van der Waals surface area contributed by atoms with Crippen molar-refractivity contribution >= 4 is 11.4 Å². The second-order valence-electron chi connectivity index (χ2n) is 3.71. The fraction of sp³-hybridized carbons (Fsp3) is 0.500. The highest BCUT2D eigenvalue weighted by Gasteiger charge is 2.07. The lowest BCUT2D eigenvalue weighted by atomic mass is 10.1. The molecule has 0 aliphatic carbocycles. The van der Waals surface area contributed by atoms with Crippen LogP contribution in [-0.4, -0.2) is 43.6 Å². The van der Waals surface area contributed by atoms with Gasteiger partial charge in [0, 0.05) is 25.8 Å². The summed E-state index contributed by atoms with van der Waals surface area (Å²) in [5.41, 5.74) is 2.83. The monoisotopic (exact) mass is 237 g/mol. The first kappa shape index (κ1) is 13.6. The maximum Gasteiger partial charge on any atom is 0.0883 e. The summed E-state index contributed by atoms with van der Waals surface area (Å²) in [4.78, 5) is 1.93. The van der Waals surface area contributed by atoms with Crippen LogP contribution in [0, 0.1) is 6.92 Å². The summed E-state index contributed by atoms with van der Waals surface area (Å²) >= 11 is 0. The molecule has 17 heavy (non-hydrogen) atoms. The van der Waals surface area contributed by atoms with Crippen LogP contribution in [0.15, 0.2) is 28.4 Å². The van der Waals surface area contributed by atoms with E-state index in [1.165, 1.54) is 0 Å². The van der Waals surface area contributed by atoms with Gasteiger partial charge in [0.1, 0.15) is 0 Å². The number of anilines is 1. The van der Waals surface area contributed by atoms with Crippen LogP contribution in [-0.2, 0) is 0 Å². The minimum absolute atomic E-state index is 0.0649. The minimum atomic E-state index is 0.0649. The van der Waals surface area contributed by atoms with Gasteiger partial charge in [-0.25, -0.2) is 0 Å². The molecule has 94 valence electrons. The molecular weight excluding hydrogens is 218 g/mol. The van der Waals surface area contributed by atoms with Crippen molar-refractivity contribution in [1.82, 2.24) is 0 Å². The van der Waals surface area contributed by atoms with Crippen LogP contribution in [0.2, 0.25) is 0 Å². The smallest absolute Gasteiger partial charge is 0.0883 e. The number of rotatable bonds is 6. The Morgan fingerprint density at radius 3 is 2.29 bits per heavy atom. The van der Waals surface area contributed by atoms with Crippen molar-refractivity contribution in [2.24, 2.45) is 10.2 Å². The first-order valence-electron chi connectivity index (χ1n) is 5.60. The highest BCUT2D eigenvalue weighted by molar-refractivity contribution is 5.57. The Morgan fingerprint density at radius 1 is 1.18 bits per heavy atom. The largest absolute Gasteiger partial charge is 0.395 e. The second kappa shape index (κ2) is 6.98. The number of aliphatic hydroxyl groups is 2. The van der Waals surface area contributed by atoms with E-state index >= 15 is 0 Å². The lowest BCUT2D eigenvalue weighted by molar-refractivity contribution is 0.281. The average molecular weight is 237 g/mol. The predicted octanol–water partition coefficient (Wildman–Crippen LogP) is 1.50. The number of azo groups is 1. The van der Waals surface area contributed by atoms with E-state index < -0.39 is 0 Å². The molecule has 0 heterocycles. The molecule has 0 aromatic heterocycles. The lowest BCUT2D eigenvalue weighted by Gasteiger charge is -2.23. The highest BCUT2D eigenvalue weighted by atomic mass is 16.3. The van der Waals surface area contributed by atoms with E-state index in [-0.39, 0.29) is 13.2 Å². The van der Waals surface area contributed by atoms with Gasteiger partial charge in [-0.2, -0.15) is 10.2 Å². The van der Waals surface area contributed by atoms with E-state index in [0.29, 0.717) is 13.1 Å². The zero-order valence-electron chi connectivity index (χ0n) is 10.3. The number of benzene rings is 1. The zero-order chi connectivity index (χ0) is 12.7. The molecule has 5 heteroatoms. The fourth-order valence-electron chi connectivity index (χ4n) is 1.67. The zero-order valence-corrected chi connectivity index (χ0v) is 10.3. The Balaban J connectivity index is 2.92. The summed E-state index contributed by atoms with van der Waals surface area (Å²) in [5.74, 6) is 0. The van der Waals surface area contributed by atoms with Crippen LogP contribution in [0.25, 0.3) is 0 Å². The molecule has 0 amide bonds. The Bertz CT molecular complexity index is 374. The van der Waals surface area contributed by atoms with Crippen LogP contribution in [0.3, 0.4) is 0 Å². The average Bonchev–Trinajstić information content (AvgIpc) is 2.32. The van der Waals surface area contributed by atoms with Crippen LogP contribution in [0.4, 0.5) is 11.4 Å². The van der Waals surface area contributed by atoms with Crippen molar-refractivity contribution in [1.29, 1.82) is 0 Å². The first-order chi connectivity index (χ1) is 8.22. The second-order valence-corrected chi connectivity index (χ2v) is 3.71. The van der Waals surface area contributed by atoms with Gasteiger partial charge >= 0.3 is 0 Å². The van der Waals surface area contributed by atoms with E-state index in [2.05, 4.69) is 10.2 Å². The molecule has 0 unspecified atom stereocenters.